The summed E-state index contributed by atoms with van der Waals surface area (Å²) in [4.78, 5) is 38.4. The molecular formula is C22H24N2O6. The topological polar surface area (TPSA) is 94.2 Å². The van der Waals surface area contributed by atoms with Gasteiger partial charge >= 0.3 is 0 Å². The van der Waals surface area contributed by atoms with Crippen LogP contribution in [0.25, 0.3) is 0 Å². The van der Waals surface area contributed by atoms with Crippen LogP contribution in [0.15, 0.2) is 42.5 Å². The maximum Gasteiger partial charge on any atom is 0.265 e. The van der Waals surface area contributed by atoms with Crippen molar-refractivity contribution in [3.05, 3.63) is 48.0 Å². The number of fused-ring (bicyclic) bond motifs is 1. The van der Waals surface area contributed by atoms with Crippen molar-refractivity contribution in [2.24, 2.45) is 0 Å². The first-order chi connectivity index (χ1) is 14.5. The Balaban J connectivity index is 1.73. The Bertz CT molecular complexity index is 943. The maximum atomic E-state index is 12.6. The summed E-state index contributed by atoms with van der Waals surface area (Å²) in [6.07, 6.45) is 0.797. The third-order valence-electron chi connectivity index (χ3n) is 4.51. The van der Waals surface area contributed by atoms with Crippen LogP contribution in [0.5, 0.6) is 17.2 Å². The molecule has 0 atom stereocenters. The summed E-state index contributed by atoms with van der Waals surface area (Å²) in [6, 6.07) is 11.7. The van der Waals surface area contributed by atoms with E-state index in [1.54, 1.807) is 49.6 Å². The lowest BCUT2D eigenvalue weighted by atomic mass is 10.1. The Morgan fingerprint density at radius 1 is 1.17 bits per heavy atom. The monoisotopic (exact) mass is 412 g/mol. The van der Waals surface area contributed by atoms with Gasteiger partial charge in [-0.05, 0) is 36.8 Å². The van der Waals surface area contributed by atoms with Crippen molar-refractivity contribution in [1.82, 2.24) is 5.32 Å². The molecule has 0 fully saturated rings. The van der Waals surface area contributed by atoms with E-state index in [-0.39, 0.29) is 37.4 Å². The van der Waals surface area contributed by atoms with Crippen LogP contribution in [0.3, 0.4) is 0 Å². The highest BCUT2D eigenvalue weighted by Gasteiger charge is 2.28. The first-order valence-electron chi connectivity index (χ1n) is 9.65. The van der Waals surface area contributed by atoms with Crippen molar-refractivity contribution in [1.29, 1.82) is 0 Å². The van der Waals surface area contributed by atoms with Gasteiger partial charge in [-0.2, -0.15) is 0 Å². The second kappa shape index (κ2) is 9.78. The number of carbonyl (C=O) groups excluding carboxylic acids is 3. The van der Waals surface area contributed by atoms with Gasteiger partial charge in [0.1, 0.15) is 23.8 Å². The van der Waals surface area contributed by atoms with Crippen molar-refractivity contribution >= 4 is 23.3 Å². The normalized spacial score (nSPS) is 12.6. The lowest BCUT2D eigenvalue weighted by Gasteiger charge is -2.29. The molecular weight excluding hydrogens is 388 g/mol. The van der Waals surface area contributed by atoms with Gasteiger partial charge in [0.2, 0.25) is 5.91 Å². The second-order valence-electron chi connectivity index (χ2n) is 6.69. The van der Waals surface area contributed by atoms with Crippen molar-refractivity contribution in [2.45, 2.75) is 13.3 Å². The molecule has 0 saturated carbocycles. The van der Waals surface area contributed by atoms with E-state index in [2.05, 4.69) is 5.32 Å². The van der Waals surface area contributed by atoms with Gasteiger partial charge in [0.15, 0.2) is 19.0 Å². The number of amides is 2. The minimum absolute atomic E-state index is 0.132. The summed E-state index contributed by atoms with van der Waals surface area (Å²) < 4.78 is 16.1. The molecule has 0 saturated heterocycles. The maximum absolute atomic E-state index is 12.6. The molecule has 1 heterocycles. The summed E-state index contributed by atoms with van der Waals surface area (Å²) in [7, 11) is 1.55. The molecule has 158 valence electrons. The van der Waals surface area contributed by atoms with Gasteiger partial charge in [0.05, 0.1) is 12.8 Å². The second-order valence-corrected chi connectivity index (χ2v) is 6.69. The molecule has 3 rings (SSSR count). The molecule has 0 aromatic heterocycles. The summed E-state index contributed by atoms with van der Waals surface area (Å²) in [5.74, 6) is 0.703. The van der Waals surface area contributed by atoms with Crippen LogP contribution < -0.4 is 24.4 Å². The number of ether oxygens (including phenoxy) is 3. The molecule has 2 aromatic carbocycles. The highest BCUT2D eigenvalue weighted by atomic mass is 16.5. The van der Waals surface area contributed by atoms with Crippen molar-refractivity contribution in [3.63, 3.8) is 0 Å². The fraction of sp³-hybridized carbons (Fsp3) is 0.318. The number of rotatable bonds is 9. The van der Waals surface area contributed by atoms with E-state index in [0.717, 1.165) is 6.42 Å². The lowest BCUT2D eigenvalue weighted by molar-refractivity contribution is -0.125. The van der Waals surface area contributed by atoms with Gasteiger partial charge in [0.25, 0.3) is 5.91 Å². The lowest BCUT2D eigenvalue weighted by Crippen LogP contribution is -2.45. The molecule has 0 spiro atoms. The van der Waals surface area contributed by atoms with Crippen LogP contribution >= 0.6 is 0 Å². The number of nitrogens with zero attached hydrogens (tertiary/aromatic N) is 1. The van der Waals surface area contributed by atoms with Gasteiger partial charge in [-0.25, -0.2) is 0 Å². The zero-order chi connectivity index (χ0) is 21.5. The summed E-state index contributed by atoms with van der Waals surface area (Å²) in [6.45, 7) is 2.01. The predicted octanol–water partition coefficient (Wildman–Crippen LogP) is 2.21. The number of benzene rings is 2. The van der Waals surface area contributed by atoms with Crippen LogP contribution in [0.1, 0.15) is 23.7 Å². The smallest absolute Gasteiger partial charge is 0.265 e. The number of anilines is 1. The summed E-state index contributed by atoms with van der Waals surface area (Å²) >= 11 is 0. The van der Waals surface area contributed by atoms with Crippen LogP contribution in [0, 0.1) is 0 Å². The SMILES string of the molecule is CCCNC(=O)CN1C(=O)COc2ccc(C(=O)COc3cccc(OC)c3)cc21. The van der Waals surface area contributed by atoms with E-state index in [9.17, 15) is 14.4 Å². The Hall–Kier alpha value is -3.55. The molecule has 1 aliphatic heterocycles. The third-order valence-corrected chi connectivity index (χ3v) is 4.51. The number of carbonyl (C=O) groups is 3. The van der Waals surface area contributed by atoms with Crippen molar-refractivity contribution in [3.8, 4) is 17.2 Å². The molecule has 0 unspecified atom stereocenters. The Morgan fingerprint density at radius 3 is 2.73 bits per heavy atom. The van der Waals surface area contributed by atoms with Crippen LogP contribution in [0.4, 0.5) is 5.69 Å². The molecule has 8 heteroatoms. The first-order valence-corrected chi connectivity index (χ1v) is 9.65. The van der Waals surface area contributed by atoms with E-state index in [1.807, 2.05) is 6.92 Å². The average Bonchev–Trinajstić information content (AvgIpc) is 2.77. The molecule has 30 heavy (non-hydrogen) atoms. The highest BCUT2D eigenvalue weighted by Crippen LogP contribution is 2.33. The van der Waals surface area contributed by atoms with Gasteiger partial charge in [-0.1, -0.05) is 13.0 Å². The van der Waals surface area contributed by atoms with Gasteiger partial charge in [-0.3, -0.25) is 19.3 Å². The van der Waals surface area contributed by atoms with Gasteiger partial charge in [0, 0.05) is 18.2 Å². The van der Waals surface area contributed by atoms with E-state index in [4.69, 9.17) is 14.2 Å². The molecule has 8 nitrogen and oxygen atoms in total. The Labute approximate surface area is 174 Å². The number of nitrogens with one attached hydrogen (secondary N) is 1. The van der Waals surface area contributed by atoms with Crippen molar-refractivity contribution in [2.75, 3.05) is 38.3 Å². The number of hydrogen-bond acceptors (Lipinski definition) is 6. The molecule has 0 aliphatic carbocycles. The number of hydrogen-bond donors (Lipinski definition) is 1. The minimum Gasteiger partial charge on any atom is -0.497 e. The Morgan fingerprint density at radius 2 is 1.97 bits per heavy atom. The van der Waals surface area contributed by atoms with Crippen molar-refractivity contribution < 1.29 is 28.6 Å². The molecule has 0 bridgehead atoms. The van der Waals surface area contributed by atoms with E-state index in [1.165, 1.54) is 4.90 Å². The molecule has 2 amide bonds. The van der Waals surface area contributed by atoms with Gasteiger partial charge in [-0.15, -0.1) is 0 Å². The van der Waals surface area contributed by atoms with Gasteiger partial charge < -0.3 is 19.5 Å². The fourth-order valence-electron chi connectivity index (χ4n) is 2.94. The average molecular weight is 412 g/mol. The zero-order valence-corrected chi connectivity index (χ0v) is 17.0. The van der Waals surface area contributed by atoms with E-state index in [0.29, 0.717) is 35.0 Å². The van der Waals surface area contributed by atoms with Crippen LogP contribution in [-0.4, -0.2) is 51.0 Å². The quantitative estimate of drug-likeness (QED) is 0.635. The molecule has 1 aliphatic rings. The van der Waals surface area contributed by atoms with E-state index >= 15 is 0 Å². The van der Waals surface area contributed by atoms with Crippen LogP contribution in [0.2, 0.25) is 0 Å². The largest absolute Gasteiger partial charge is 0.497 e. The molecule has 2 aromatic rings. The molecule has 1 N–H and O–H groups in total. The standard InChI is InChI=1S/C22H24N2O6/c1-3-9-23-21(26)12-24-18-10-15(7-8-20(18)30-14-22(24)27)19(25)13-29-17-6-4-5-16(11-17)28-2/h4-8,10-11H,3,9,12-14H2,1-2H3,(H,23,26). The third kappa shape index (κ3) is 5.08. The number of methoxy groups -OCH3 is 1. The highest BCUT2D eigenvalue weighted by molar-refractivity contribution is 6.04. The predicted molar refractivity (Wildman–Crippen MR) is 110 cm³/mol. The minimum atomic E-state index is -0.341. The first kappa shape index (κ1) is 21.2. The summed E-state index contributed by atoms with van der Waals surface area (Å²) in [5, 5.41) is 2.75. The molecule has 0 radical (unpaired) electrons. The van der Waals surface area contributed by atoms with Crippen LogP contribution in [-0.2, 0) is 9.59 Å². The van der Waals surface area contributed by atoms with E-state index < -0.39 is 0 Å². The number of Topliss-reactive ketones (excluding diaryl/α,β-unsaturated/α-hetero) is 1. The zero-order valence-electron chi connectivity index (χ0n) is 17.0. The fourth-order valence-corrected chi connectivity index (χ4v) is 2.94. The summed E-state index contributed by atoms with van der Waals surface area (Å²) in [5.41, 5.74) is 0.749. The Kier molecular flexibility index (Phi) is 6.90. The number of ketones is 1.